The summed E-state index contributed by atoms with van der Waals surface area (Å²) in [5, 5.41) is 2.48. The number of sulfone groups is 1. The van der Waals surface area contributed by atoms with E-state index >= 15 is 0 Å². The van der Waals surface area contributed by atoms with Crippen LogP contribution < -0.4 is 5.32 Å². The van der Waals surface area contributed by atoms with E-state index in [1.165, 1.54) is 12.1 Å². The molecule has 164 valence electrons. The fourth-order valence-corrected chi connectivity index (χ4v) is 5.40. The molecule has 31 heavy (non-hydrogen) atoms. The minimum atomic E-state index is -3.68. The van der Waals surface area contributed by atoms with Crippen molar-refractivity contribution in [1.29, 1.82) is 0 Å². The fraction of sp³-hybridized carbons (Fsp3) is 0.409. The first kappa shape index (κ1) is 22.7. The molecule has 2 unspecified atom stereocenters. The molecule has 0 spiro atoms. The minimum Gasteiger partial charge on any atom is -0.342 e. The van der Waals surface area contributed by atoms with E-state index in [2.05, 4.69) is 15.3 Å². The van der Waals surface area contributed by atoms with E-state index < -0.39 is 33.4 Å². The number of rotatable bonds is 7. The summed E-state index contributed by atoms with van der Waals surface area (Å²) >= 11 is 0. The lowest BCUT2D eigenvalue weighted by Crippen LogP contribution is -2.38. The molecule has 2 bridgehead atoms. The van der Waals surface area contributed by atoms with Crippen LogP contribution in [0, 0.1) is 17.8 Å². The Morgan fingerprint density at radius 1 is 1.16 bits per heavy atom. The van der Waals surface area contributed by atoms with Crippen molar-refractivity contribution in [3.05, 3.63) is 54.1 Å². The Hall–Kier alpha value is -2.94. The predicted octanol–water partition coefficient (Wildman–Crippen LogP) is 1.54. The molecule has 1 amide bonds. The zero-order chi connectivity index (χ0) is 22.6. The largest absolute Gasteiger partial charge is 0.342 e. The number of amides is 1. The van der Waals surface area contributed by atoms with Crippen molar-refractivity contribution in [3.8, 4) is 0 Å². The van der Waals surface area contributed by atoms with Crippen molar-refractivity contribution in [1.82, 2.24) is 15.3 Å². The highest BCUT2D eigenvalue weighted by Crippen LogP contribution is 2.24. The van der Waals surface area contributed by atoms with Gasteiger partial charge in [0, 0.05) is 36.6 Å². The molecule has 8 nitrogen and oxygen atoms in total. The smallest absolute Gasteiger partial charge is 0.288 e. The molecule has 1 N–H and O–H groups in total. The number of Topliss-reactive ketones (excluding diaryl/α,β-unsaturated/α-hetero) is 2. The summed E-state index contributed by atoms with van der Waals surface area (Å²) in [6.07, 6.45) is 1.43. The van der Waals surface area contributed by atoms with Crippen molar-refractivity contribution >= 4 is 27.3 Å². The van der Waals surface area contributed by atoms with Gasteiger partial charge in [-0.25, -0.2) is 18.4 Å². The maximum absolute atomic E-state index is 13.1. The number of ketones is 2. The van der Waals surface area contributed by atoms with E-state index in [-0.39, 0.29) is 41.7 Å². The van der Waals surface area contributed by atoms with Crippen LogP contribution in [0.1, 0.15) is 31.8 Å². The third-order valence-corrected chi connectivity index (χ3v) is 7.18. The Bertz CT molecular complexity index is 1080. The highest BCUT2D eigenvalue weighted by molar-refractivity contribution is 7.91. The quantitative estimate of drug-likeness (QED) is 0.644. The van der Waals surface area contributed by atoms with Crippen LogP contribution in [-0.4, -0.2) is 41.6 Å². The van der Waals surface area contributed by atoms with E-state index in [9.17, 15) is 22.8 Å². The van der Waals surface area contributed by atoms with Gasteiger partial charge in [-0.3, -0.25) is 14.4 Å². The Morgan fingerprint density at radius 3 is 2.55 bits per heavy atom. The summed E-state index contributed by atoms with van der Waals surface area (Å²) in [4.78, 5) is 46.6. The number of benzene rings is 1. The van der Waals surface area contributed by atoms with Gasteiger partial charge >= 0.3 is 0 Å². The van der Waals surface area contributed by atoms with Crippen LogP contribution in [0.4, 0.5) is 0 Å². The molecule has 2 aromatic rings. The van der Waals surface area contributed by atoms with E-state index in [0.29, 0.717) is 11.5 Å². The highest BCUT2D eigenvalue weighted by Gasteiger charge is 2.34. The summed E-state index contributed by atoms with van der Waals surface area (Å²) in [7, 11) is -3.68. The van der Waals surface area contributed by atoms with Gasteiger partial charge in [0.15, 0.2) is 9.84 Å². The molecule has 0 saturated carbocycles. The predicted molar refractivity (Wildman–Crippen MR) is 113 cm³/mol. The average molecular weight is 444 g/mol. The van der Waals surface area contributed by atoms with Gasteiger partial charge in [0.25, 0.3) is 5.91 Å². The molecule has 0 radical (unpaired) electrons. The summed E-state index contributed by atoms with van der Waals surface area (Å²) in [6.45, 7) is 3.58. The average Bonchev–Trinajstić information content (AvgIpc) is 2.78. The Morgan fingerprint density at radius 2 is 1.87 bits per heavy atom. The molecular formula is C22H25N3O5S. The second-order valence-electron chi connectivity index (χ2n) is 8.03. The van der Waals surface area contributed by atoms with E-state index in [0.717, 1.165) is 0 Å². The number of nitrogens with one attached hydrogen (secondary N) is 1. The number of hydrogen-bond acceptors (Lipinski definition) is 7. The monoisotopic (exact) mass is 443 g/mol. The van der Waals surface area contributed by atoms with E-state index in [1.807, 2.05) is 0 Å². The lowest BCUT2D eigenvalue weighted by Gasteiger charge is -2.22. The van der Waals surface area contributed by atoms with Gasteiger partial charge in [-0.05, 0) is 24.1 Å². The Balaban J connectivity index is 1.82. The molecule has 0 fully saturated rings. The number of aromatic nitrogens is 2. The van der Waals surface area contributed by atoms with Gasteiger partial charge in [0.05, 0.1) is 17.2 Å². The molecule has 0 aliphatic carbocycles. The van der Waals surface area contributed by atoms with Gasteiger partial charge in [-0.1, -0.05) is 32.0 Å². The molecule has 9 heteroatoms. The molecule has 2 heterocycles. The van der Waals surface area contributed by atoms with Crippen molar-refractivity contribution < 1.29 is 22.8 Å². The first-order valence-electron chi connectivity index (χ1n) is 10.1. The number of hydrogen-bond donors (Lipinski definition) is 1. The topological polar surface area (TPSA) is 123 Å². The highest BCUT2D eigenvalue weighted by atomic mass is 32.2. The first-order valence-corrected chi connectivity index (χ1v) is 11.8. The second-order valence-corrected chi connectivity index (χ2v) is 10.1. The molecule has 1 aliphatic rings. The maximum atomic E-state index is 13.1. The molecule has 1 aromatic heterocycles. The van der Waals surface area contributed by atoms with Gasteiger partial charge in [0.1, 0.15) is 11.6 Å². The summed E-state index contributed by atoms with van der Waals surface area (Å²) < 4.78 is 25.6. The van der Waals surface area contributed by atoms with Crippen LogP contribution in [0.3, 0.4) is 0 Å². The minimum absolute atomic E-state index is 0.0308. The van der Waals surface area contributed by atoms with Gasteiger partial charge < -0.3 is 5.32 Å². The SMILES string of the molecule is CC(C)C(CS(=O)(=O)c1ccccc1)C(=O)CC1Cc2ccnc(n2)CNC(=O)C1=O. The van der Waals surface area contributed by atoms with Crippen molar-refractivity contribution in [2.24, 2.45) is 17.8 Å². The third kappa shape index (κ3) is 5.61. The Labute approximate surface area is 181 Å². The third-order valence-electron chi connectivity index (χ3n) is 5.39. The molecular weight excluding hydrogens is 418 g/mol. The summed E-state index contributed by atoms with van der Waals surface area (Å²) in [5.74, 6) is -3.76. The van der Waals surface area contributed by atoms with E-state index in [4.69, 9.17) is 0 Å². The number of nitrogens with zero attached hydrogens (tertiary/aromatic N) is 2. The van der Waals surface area contributed by atoms with Gasteiger partial charge in [0.2, 0.25) is 5.78 Å². The molecule has 1 aromatic carbocycles. The lowest BCUT2D eigenvalue weighted by molar-refractivity contribution is -0.141. The maximum Gasteiger partial charge on any atom is 0.288 e. The first-order chi connectivity index (χ1) is 14.7. The number of carbonyl (C=O) groups excluding carboxylic acids is 3. The number of carbonyl (C=O) groups is 3. The van der Waals surface area contributed by atoms with Crippen LogP contribution in [0.5, 0.6) is 0 Å². The lowest BCUT2D eigenvalue weighted by atomic mass is 9.84. The normalized spacial score (nSPS) is 18.0. The van der Waals surface area contributed by atoms with Crippen molar-refractivity contribution in [2.45, 2.75) is 38.1 Å². The van der Waals surface area contributed by atoms with Crippen LogP contribution in [0.15, 0.2) is 47.5 Å². The van der Waals surface area contributed by atoms with Gasteiger partial charge in [-0.2, -0.15) is 0 Å². The second kappa shape index (κ2) is 9.47. The van der Waals surface area contributed by atoms with Crippen molar-refractivity contribution in [2.75, 3.05) is 5.75 Å². The number of fused-ring (bicyclic) bond motifs is 2. The molecule has 2 atom stereocenters. The van der Waals surface area contributed by atoms with Crippen LogP contribution >= 0.6 is 0 Å². The van der Waals surface area contributed by atoms with Crippen LogP contribution in [0.25, 0.3) is 0 Å². The summed E-state index contributed by atoms with van der Waals surface area (Å²) in [5.41, 5.74) is 0.561. The van der Waals surface area contributed by atoms with Crippen molar-refractivity contribution in [3.63, 3.8) is 0 Å². The fourth-order valence-electron chi connectivity index (χ4n) is 3.59. The summed E-state index contributed by atoms with van der Waals surface area (Å²) in [6, 6.07) is 9.61. The Kier molecular flexibility index (Phi) is 6.94. The zero-order valence-corrected chi connectivity index (χ0v) is 18.3. The molecule has 0 saturated heterocycles. The molecule has 1 aliphatic heterocycles. The zero-order valence-electron chi connectivity index (χ0n) is 17.4. The standard InChI is InChI=1S/C22H25N3O5S/c1-14(2)18(13-31(29,30)17-6-4-3-5-7-17)19(26)11-15-10-16-8-9-23-20(25-16)12-24-22(28)21(15)27/h3-9,14-15,18H,10-13H2,1-2H3,(H,24,28). The molecule has 3 rings (SSSR count). The van der Waals surface area contributed by atoms with Gasteiger partial charge in [-0.15, -0.1) is 0 Å². The van der Waals surface area contributed by atoms with E-state index in [1.54, 1.807) is 44.3 Å². The van der Waals surface area contributed by atoms with Crippen LogP contribution in [-0.2, 0) is 37.2 Å². The van der Waals surface area contributed by atoms with Crippen LogP contribution in [0.2, 0.25) is 0 Å².